The third-order valence-corrected chi connectivity index (χ3v) is 2.45. The molecule has 0 fully saturated rings. The van der Waals surface area contributed by atoms with Gasteiger partial charge in [-0.1, -0.05) is 12.1 Å². The lowest BCUT2D eigenvalue weighted by Gasteiger charge is -2.10. The van der Waals surface area contributed by atoms with Crippen LogP contribution >= 0.6 is 0 Å². The van der Waals surface area contributed by atoms with E-state index in [4.69, 9.17) is 14.2 Å². The maximum absolute atomic E-state index is 5.60. The molecule has 2 N–H and O–H groups in total. The maximum Gasteiger partial charge on any atom is 0.161 e. The second-order valence-corrected chi connectivity index (χ2v) is 4.38. The lowest BCUT2D eigenvalue weighted by Crippen LogP contribution is -2.89. The molecular formula is C14H24NO3+. The summed E-state index contributed by atoms with van der Waals surface area (Å²) in [7, 11) is 1.64. The van der Waals surface area contributed by atoms with Gasteiger partial charge in [-0.15, -0.1) is 0 Å². The molecule has 0 atom stereocenters. The number of rotatable bonds is 9. The molecule has 1 aromatic carbocycles. The van der Waals surface area contributed by atoms with Crippen molar-refractivity contribution in [2.75, 3.05) is 33.5 Å². The van der Waals surface area contributed by atoms with E-state index < -0.39 is 0 Å². The van der Waals surface area contributed by atoms with E-state index in [1.165, 1.54) is 0 Å². The van der Waals surface area contributed by atoms with Crippen LogP contribution in [0.2, 0.25) is 0 Å². The van der Waals surface area contributed by atoms with Crippen molar-refractivity contribution < 1.29 is 19.5 Å². The molecule has 0 aliphatic heterocycles. The summed E-state index contributed by atoms with van der Waals surface area (Å²) >= 11 is 0. The molecule has 4 nitrogen and oxygen atoms in total. The highest BCUT2D eigenvalue weighted by atomic mass is 16.5. The molecule has 0 radical (unpaired) electrons. The zero-order chi connectivity index (χ0) is 13.2. The molecule has 102 valence electrons. The fraction of sp³-hybridized carbons (Fsp3) is 0.571. The van der Waals surface area contributed by atoms with E-state index in [1.54, 1.807) is 7.11 Å². The number of hydrogen-bond donors (Lipinski definition) is 1. The summed E-state index contributed by atoms with van der Waals surface area (Å²) in [6, 6.07) is 8.25. The summed E-state index contributed by atoms with van der Waals surface area (Å²) in [6.07, 6.45) is 0. The fourth-order valence-corrected chi connectivity index (χ4v) is 1.54. The molecule has 0 aromatic heterocycles. The minimum atomic E-state index is 0.544. The largest absolute Gasteiger partial charge is 0.493 e. The van der Waals surface area contributed by atoms with Gasteiger partial charge in [0.05, 0.1) is 32.9 Å². The molecule has 0 amide bonds. The van der Waals surface area contributed by atoms with Gasteiger partial charge < -0.3 is 19.5 Å². The van der Waals surface area contributed by atoms with Gasteiger partial charge in [-0.2, -0.15) is 0 Å². The Morgan fingerprint density at radius 1 is 1.06 bits per heavy atom. The van der Waals surface area contributed by atoms with Gasteiger partial charge >= 0.3 is 0 Å². The lowest BCUT2D eigenvalue weighted by molar-refractivity contribution is -0.684. The van der Waals surface area contributed by atoms with Crippen molar-refractivity contribution in [3.05, 3.63) is 24.3 Å². The van der Waals surface area contributed by atoms with Crippen LogP contribution in [0.15, 0.2) is 24.3 Å². The number of quaternary nitrogens is 1. The Morgan fingerprint density at radius 2 is 1.78 bits per heavy atom. The fourth-order valence-electron chi connectivity index (χ4n) is 1.54. The molecule has 0 saturated heterocycles. The first-order valence-corrected chi connectivity index (χ1v) is 6.41. The normalized spacial score (nSPS) is 10.7. The van der Waals surface area contributed by atoms with Crippen LogP contribution in [0, 0.1) is 0 Å². The number of benzene rings is 1. The third kappa shape index (κ3) is 5.89. The highest BCUT2D eigenvalue weighted by Gasteiger charge is 2.02. The number of methoxy groups -OCH3 is 1. The van der Waals surface area contributed by atoms with Crippen LogP contribution in [0.1, 0.15) is 13.8 Å². The van der Waals surface area contributed by atoms with Crippen molar-refractivity contribution in [1.29, 1.82) is 0 Å². The molecular weight excluding hydrogens is 230 g/mol. The first-order chi connectivity index (χ1) is 8.74. The van der Waals surface area contributed by atoms with Gasteiger partial charge in [0.25, 0.3) is 0 Å². The van der Waals surface area contributed by atoms with Crippen LogP contribution in [0.4, 0.5) is 0 Å². The topological polar surface area (TPSA) is 44.3 Å². The molecule has 0 aliphatic rings. The Labute approximate surface area is 109 Å². The highest BCUT2D eigenvalue weighted by molar-refractivity contribution is 5.39. The predicted molar refractivity (Wildman–Crippen MR) is 71.2 cm³/mol. The van der Waals surface area contributed by atoms with Gasteiger partial charge in [0, 0.05) is 0 Å². The van der Waals surface area contributed by atoms with Crippen LogP contribution < -0.4 is 14.8 Å². The van der Waals surface area contributed by atoms with Gasteiger partial charge in [0.2, 0.25) is 0 Å². The minimum Gasteiger partial charge on any atom is -0.493 e. The number of hydrogen-bond acceptors (Lipinski definition) is 3. The van der Waals surface area contributed by atoms with Crippen LogP contribution in [-0.2, 0) is 4.74 Å². The Kier molecular flexibility index (Phi) is 7.22. The van der Waals surface area contributed by atoms with E-state index in [9.17, 15) is 0 Å². The van der Waals surface area contributed by atoms with Gasteiger partial charge in [0.1, 0.15) is 6.61 Å². The summed E-state index contributed by atoms with van der Waals surface area (Å²) in [6.45, 7) is 7.24. The molecule has 1 rings (SSSR count). The number of para-hydroxylation sites is 2. The summed E-state index contributed by atoms with van der Waals surface area (Å²) < 4.78 is 16.3. The van der Waals surface area contributed by atoms with Crippen LogP contribution in [0.3, 0.4) is 0 Å². The molecule has 0 aliphatic carbocycles. The van der Waals surface area contributed by atoms with E-state index in [0.717, 1.165) is 24.7 Å². The number of ether oxygens (including phenoxy) is 3. The van der Waals surface area contributed by atoms with E-state index in [1.807, 2.05) is 24.3 Å². The lowest BCUT2D eigenvalue weighted by atomic mass is 10.3. The monoisotopic (exact) mass is 254 g/mol. The Balaban J connectivity index is 2.10. The summed E-state index contributed by atoms with van der Waals surface area (Å²) in [5.41, 5.74) is 0. The van der Waals surface area contributed by atoms with E-state index in [0.29, 0.717) is 19.3 Å². The zero-order valence-electron chi connectivity index (χ0n) is 11.5. The molecule has 18 heavy (non-hydrogen) atoms. The van der Waals surface area contributed by atoms with Gasteiger partial charge in [0.15, 0.2) is 11.5 Å². The summed E-state index contributed by atoms with van der Waals surface area (Å²) in [4.78, 5) is 0. The van der Waals surface area contributed by atoms with Crippen molar-refractivity contribution >= 4 is 0 Å². The second-order valence-electron chi connectivity index (χ2n) is 4.38. The Morgan fingerprint density at radius 3 is 2.44 bits per heavy atom. The molecule has 0 unspecified atom stereocenters. The van der Waals surface area contributed by atoms with Gasteiger partial charge in [-0.3, -0.25) is 0 Å². The standard InChI is InChI=1S/C14H23NO3/c1-12(2)15-8-9-17-10-11-18-14-7-5-4-6-13(14)16-3/h4-7,12,15H,8-11H2,1-3H3/p+1. The quantitative estimate of drug-likeness (QED) is 0.670. The van der Waals surface area contributed by atoms with E-state index in [-0.39, 0.29) is 0 Å². The van der Waals surface area contributed by atoms with E-state index in [2.05, 4.69) is 19.2 Å². The molecule has 0 saturated carbocycles. The van der Waals surface area contributed by atoms with Gasteiger partial charge in [-0.25, -0.2) is 0 Å². The molecule has 0 heterocycles. The van der Waals surface area contributed by atoms with Crippen molar-refractivity contribution in [2.24, 2.45) is 0 Å². The predicted octanol–water partition coefficient (Wildman–Crippen LogP) is 1.06. The second kappa shape index (κ2) is 8.78. The number of nitrogens with two attached hydrogens (primary N) is 1. The first kappa shape index (κ1) is 14.8. The van der Waals surface area contributed by atoms with Crippen LogP contribution in [0.25, 0.3) is 0 Å². The zero-order valence-corrected chi connectivity index (χ0v) is 11.5. The maximum atomic E-state index is 5.60. The Hall–Kier alpha value is -1.26. The molecule has 1 aromatic rings. The first-order valence-electron chi connectivity index (χ1n) is 6.41. The molecule has 0 bridgehead atoms. The minimum absolute atomic E-state index is 0.544. The van der Waals surface area contributed by atoms with Crippen molar-refractivity contribution in [2.45, 2.75) is 19.9 Å². The summed E-state index contributed by atoms with van der Waals surface area (Å²) in [5.74, 6) is 1.52. The average Bonchev–Trinajstić information content (AvgIpc) is 2.37. The summed E-state index contributed by atoms with van der Waals surface area (Å²) in [5, 5.41) is 2.25. The van der Waals surface area contributed by atoms with Crippen LogP contribution in [0.5, 0.6) is 11.5 Å². The van der Waals surface area contributed by atoms with Crippen molar-refractivity contribution in [3.63, 3.8) is 0 Å². The average molecular weight is 254 g/mol. The SMILES string of the molecule is COc1ccccc1OCCOCC[NH2+]C(C)C. The van der Waals surface area contributed by atoms with Crippen molar-refractivity contribution in [3.8, 4) is 11.5 Å². The third-order valence-electron chi connectivity index (χ3n) is 2.45. The molecule has 4 heteroatoms. The van der Waals surface area contributed by atoms with Crippen LogP contribution in [-0.4, -0.2) is 39.5 Å². The highest BCUT2D eigenvalue weighted by Crippen LogP contribution is 2.25. The van der Waals surface area contributed by atoms with Crippen molar-refractivity contribution in [1.82, 2.24) is 0 Å². The van der Waals surface area contributed by atoms with Gasteiger partial charge in [-0.05, 0) is 26.0 Å². The Bertz CT molecular complexity index is 329. The smallest absolute Gasteiger partial charge is 0.161 e. The van der Waals surface area contributed by atoms with E-state index >= 15 is 0 Å². The molecule has 0 spiro atoms.